The van der Waals surface area contributed by atoms with Gasteiger partial charge in [0.05, 0.1) is 31.5 Å². The molecule has 5 saturated heterocycles. The molecule has 0 aliphatic carbocycles. The maximum absolute atomic E-state index is 12.0. The summed E-state index contributed by atoms with van der Waals surface area (Å²) in [6, 6.07) is -1.51. The number of rotatable bonds is 11. The monoisotopic (exact) mass is 821 g/mol. The average molecular weight is 822 g/mol. The molecule has 5 heterocycles. The van der Waals surface area contributed by atoms with Gasteiger partial charge in [-0.25, -0.2) is 0 Å². The molecule has 0 bridgehead atoms. The van der Waals surface area contributed by atoms with E-state index in [1.165, 1.54) is 20.8 Å². The van der Waals surface area contributed by atoms with Gasteiger partial charge in [0.1, 0.15) is 104 Å². The first-order valence-corrected chi connectivity index (χ1v) is 18.2. The number of carbonyl (C=O) groups excluding carboxylic acids is 1. The van der Waals surface area contributed by atoms with Crippen LogP contribution in [0.3, 0.4) is 0 Å². The highest BCUT2D eigenvalue weighted by Crippen LogP contribution is 2.36. The lowest BCUT2D eigenvalue weighted by Crippen LogP contribution is -2.68. The number of hydrogen-bond donors (Lipinski definition) is 14. The summed E-state index contributed by atoms with van der Waals surface area (Å²) in [4.78, 5) is 12.0. The third-order valence-corrected chi connectivity index (χ3v) is 10.6. The van der Waals surface area contributed by atoms with Crippen molar-refractivity contribution >= 4 is 5.91 Å². The van der Waals surface area contributed by atoms with Crippen LogP contribution in [0.5, 0.6) is 0 Å². The second-order valence-corrected chi connectivity index (χ2v) is 14.6. The van der Waals surface area contributed by atoms with Crippen molar-refractivity contribution in [2.75, 3.05) is 13.2 Å². The van der Waals surface area contributed by atoms with Crippen LogP contribution in [0.15, 0.2) is 0 Å². The lowest BCUT2D eigenvalue weighted by atomic mass is 9.95. The molecule has 0 unspecified atom stereocenters. The second kappa shape index (κ2) is 18.9. The zero-order chi connectivity index (χ0) is 41.5. The van der Waals surface area contributed by atoms with E-state index in [1.807, 2.05) is 0 Å². The van der Waals surface area contributed by atoms with Gasteiger partial charge in [0, 0.05) is 6.92 Å². The highest BCUT2D eigenvalue weighted by molar-refractivity contribution is 5.73. The molecule has 5 fully saturated rings. The Labute approximate surface area is 319 Å². The maximum Gasteiger partial charge on any atom is 0.217 e. The molecule has 1 amide bonds. The van der Waals surface area contributed by atoms with Crippen molar-refractivity contribution in [2.24, 2.45) is 0 Å². The van der Waals surface area contributed by atoms with Crippen LogP contribution in [0, 0.1) is 0 Å². The van der Waals surface area contributed by atoms with Crippen LogP contribution in [0.1, 0.15) is 27.7 Å². The predicted octanol–water partition coefficient (Wildman–Crippen LogP) is -8.70. The van der Waals surface area contributed by atoms with Gasteiger partial charge in [0.25, 0.3) is 0 Å². The van der Waals surface area contributed by atoms with Crippen LogP contribution in [0.25, 0.3) is 0 Å². The molecule has 25 atom stereocenters. The highest BCUT2D eigenvalue weighted by Gasteiger charge is 2.56. The van der Waals surface area contributed by atoms with E-state index in [4.69, 9.17) is 42.6 Å². The van der Waals surface area contributed by atoms with Crippen LogP contribution < -0.4 is 5.32 Å². The van der Waals surface area contributed by atoms with Crippen LogP contribution in [-0.4, -0.2) is 239 Å². The van der Waals surface area contributed by atoms with Crippen molar-refractivity contribution in [3.8, 4) is 0 Å². The molecule has 14 N–H and O–H groups in total. The van der Waals surface area contributed by atoms with E-state index >= 15 is 0 Å². The molecule has 326 valence electrons. The van der Waals surface area contributed by atoms with Crippen molar-refractivity contribution in [1.82, 2.24) is 5.32 Å². The Morgan fingerprint density at radius 3 is 1.41 bits per heavy atom. The fourth-order valence-corrected chi connectivity index (χ4v) is 7.25. The summed E-state index contributed by atoms with van der Waals surface area (Å²) in [6.07, 6.45) is -40.4. The Balaban J connectivity index is 1.43. The average Bonchev–Trinajstić information content (AvgIpc) is 3.15. The summed E-state index contributed by atoms with van der Waals surface area (Å²) in [5.74, 6) is -0.697. The molecule has 0 spiro atoms. The fraction of sp³-hybridized carbons (Fsp3) is 0.969. The van der Waals surface area contributed by atoms with Crippen molar-refractivity contribution < 1.29 is 114 Å². The smallest absolute Gasteiger partial charge is 0.217 e. The minimum absolute atomic E-state index is 0.697. The van der Waals surface area contributed by atoms with Crippen molar-refractivity contribution in [3.05, 3.63) is 0 Å². The van der Waals surface area contributed by atoms with Gasteiger partial charge in [0.15, 0.2) is 31.5 Å². The van der Waals surface area contributed by atoms with Crippen LogP contribution in [0.4, 0.5) is 0 Å². The lowest BCUT2D eigenvalue weighted by Gasteiger charge is -2.50. The molecule has 5 aliphatic heterocycles. The van der Waals surface area contributed by atoms with E-state index in [0.717, 1.165) is 6.92 Å². The van der Waals surface area contributed by atoms with E-state index in [9.17, 15) is 71.2 Å². The van der Waals surface area contributed by atoms with E-state index in [0.29, 0.717) is 0 Å². The topological polar surface area (TPSA) is 375 Å². The largest absolute Gasteiger partial charge is 0.394 e. The van der Waals surface area contributed by atoms with Crippen LogP contribution in [0.2, 0.25) is 0 Å². The molecule has 5 aliphatic rings. The summed E-state index contributed by atoms with van der Waals surface area (Å²) < 4.78 is 52.0. The summed E-state index contributed by atoms with van der Waals surface area (Å²) in [6.45, 7) is 3.56. The number of hydrogen-bond acceptors (Lipinski definition) is 23. The minimum atomic E-state index is -1.96. The van der Waals surface area contributed by atoms with Crippen LogP contribution >= 0.6 is 0 Å². The number of nitrogens with one attached hydrogen (secondary N) is 1. The Morgan fingerprint density at radius 1 is 0.464 bits per heavy atom. The molecule has 24 nitrogen and oxygen atoms in total. The van der Waals surface area contributed by atoms with Gasteiger partial charge in [-0.2, -0.15) is 0 Å². The molecule has 0 aromatic rings. The minimum Gasteiger partial charge on any atom is -0.394 e. The van der Waals surface area contributed by atoms with Crippen molar-refractivity contribution in [2.45, 2.75) is 181 Å². The molecule has 0 aromatic heterocycles. The Hall–Kier alpha value is -1.41. The number of aliphatic hydroxyl groups excluding tert-OH is 13. The Kier molecular flexibility index (Phi) is 15.4. The van der Waals surface area contributed by atoms with Gasteiger partial charge in [-0.05, 0) is 20.8 Å². The van der Waals surface area contributed by atoms with Gasteiger partial charge in [-0.1, -0.05) is 0 Å². The predicted molar refractivity (Wildman–Crippen MR) is 174 cm³/mol. The molecule has 56 heavy (non-hydrogen) atoms. The zero-order valence-corrected chi connectivity index (χ0v) is 30.7. The second-order valence-electron chi connectivity index (χ2n) is 14.6. The van der Waals surface area contributed by atoms with Gasteiger partial charge < -0.3 is 114 Å². The molecular formula is C32H55NO23. The molecule has 24 heteroatoms. The van der Waals surface area contributed by atoms with E-state index < -0.39 is 173 Å². The van der Waals surface area contributed by atoms with Crippen molar-refractivity contribution in [3.63, 3.8) is 0 Å². The van der Waals surface area contributed by atoms with Crippen molar-refractivity contribution in [1.29, 1.82) is 0 Å². The van der Waals surface area contributed by atoms with E-state index in [1.54, 1.807) is 0 Å². The third kappa shape index (κ3) is 9.31. The first kappa shape index (κ1) is 45.7. The SMILES string of the molecule is CC(=O)N[C@H]1[C@H](O[C@H]2[C@H](O[C@H]3[C@H](O[C@H]4[C@@H](O)[C@H](O)O[C@@H](C)[C@@H]4O[C@H]4O[C@H](CO)[C@@H](O)[C@H](O)[C@H]4O)O[C@@H](C)[C@H](O)[C@H]3O)O[C@@H](C)[C@H](O)[C@H]2O)O[C@H](CO)[C@@H](O)[C@@H]1O. The van der Waals surface area contributed by atoms with Gasteiger partial charge in [-0.15, -0.1) is 0 Å². The highest BCUT2D eigenvalue weighted by atomic mass is 16.8. The Bertz CT molecular complexity index is 1270. The number of amides is 1. The summed E-state index contributed by atoms with van der Waals surface area (Å²) in [7, 11) is 0. The molecular weight excluding hydrogens is 766 g/mol. The normalized spacial score (nSPS) is 53.1. The zero-order valence-electron chi connectivity index (χ0n) is 30.7. The molecule has 0 aromatic carbocycles. The first-order valence-electron chi connectivity index (χ1n) is 18.2. The quantitative estimate of drug-likeness (QED) is 0.0920. The summed E-state index contributed by atoms with van der Waals surface area (Å²) in [5, 5.41) is 140. The molecule has 5 rings (SSSR count). The Morgan fingerprint density at radius 2 is 0.911 bits per heavy atom. The van der Waals surface area contributed by atoms with Gasteiger partial charge in [-0.3, -0.25) is 4.79 Å². The van der Waals surface area contributed by atoms with Gasteiger partial charge in [0.2, 0.25) is 5.91 Å². The number of carbonyl (C=O) groups is 1. The summed E-state index contributed by atoms with van der Waals surface area (Å²) in [5.41, 5.74) is 0. The molecule has 0 saturated carbocycles. The third-order valence-electron chi connectivity index (χ3n) is 10.6. The number of aliphatic hydroxyl groups is 13. The van der Waals surface area contributed by atoms with Crippen LogP contribution in [-0.2, 0) is 47.4 Å². The standard InChI is InChI=1S/C32H55NO23/c1-7-15(38)21(44)27(31(49-7)54-25-23(46)28(47)48-9(3)24(25)53-30-22(45)19(42)17(40)12(6-35)52-30)56-32-26(20(43)14(37)8(2)50-32)55-29-13(33-10(4)36)18(41)16(39)11(5-34)51-29/h7-9,11-32,34-35,37-47H,5-6H2,1-4H3,(H,33,36)/t7-,8-,9-,11+,12+,13+,14-,15-,16+,17+,18+,19-,20+,21+,22+,23+,24-,25-,26+,27+,28+,29-,30+,31-,32-/m0/s1. The lowest BCUT2D eigenvalue weighted by molar-refractivity contribution is -0.402. The van der Waals surface area contributed by atoms with Gasteiger partial charge >= 0.3 is 0 Å². The van der Waals surface area contributed by atoms with E-state index in [-0.39, 0.29) is 0 Å². The fourth-order valence-electron chi connectivity index (χ4n) is 7.25. The maximum atomic E-state index is 12.0. The molecule has 0 radical (unpaired) electrons. The summed E-state index contributed by atoms with van der Waals surface area (Å²) >= 11 is 0. The van der Waals surface area contributed by atoms with E-state index in [2.05, 4.69) is 5.32 Å². The first-order chi connectivity index (χ1) is 26.3. The number of ether oxygens (including phenoxy) is 9.